The molecule has 1 aliphatic rings. The lowest BCUT2D eigenvalue weighted by atomic mass is 10.0. The molecule has 1 saturated carbocycles. The van der Waals surface area contributed by atoms with Crippen molar-refractivity contribution in [1.29, 1.82) is 0 Å². The van der Waals surface area contributed by atoms with E-state index in [1.54, 1.807) is 0 Å². The van der Waals surface area contributed by atoms with Crippen molar-refractivity contribution in [3.63, 3.8) is 0 Å². The molecule has 0 atom stereocenters. The van der Waals surface area contributed by atoms with E-state index in [-0.39, 0.29) is 5.92 Å². The topological polar surface area (TPSA) is 58.0 Å². The molecule has 0 saturated heterocycles. The second-order valence-electron chi connectivity index (χ2n) is 5.37. The number of hydrogen-bond donors (Lipinski definition) is 2. The normalized spacial score (nSPS) is 18.3. The first-order valence-electron chi connectivity index (χ1n) is 6.49. The van der Waals surface area contributed by atoms with Crippen LogP contribution in [-0.2, 0) is 0 Å². The number of anilines is 1. The van der Waals surface area contributed by atoms with Crippen LogP contribution in [0.1, 0.15) is 51.3 Å². The fraction of sp³-hybridized carbons (Fsp3) is 0.692. The molecule has 0 bridgehead atoms. The maximum absolute atomic E-state index is 10.3. The maximum Gasteiger partial charge on any atom is 0.134 e. The van der Waals surface area contributed by atoms with Crippen molar-refractivity contribution in [2.75, 3.05) is 11.9 Å². The van der Waals surface area contributed by atoms with E-state index in [0.717, 1.165) is 41.9 Å². The van der Waals surface area contributed by atoms with E-state index < -0.39 is 5.60 Å². The second-order valence-corrected chi connectivity index (χ2v) is 6.19. The quantitative estimate of drug-likeness (QED) is 0.839. The van der Waals surface area contributed by atoms with Gasteiger partial charge in [0.15, 0.2) is 0 Å². The van der Waals surface area contributed by atoms with Gasteiger partial charge in [-0.25, -0.2) is 9.97 Å². The van der Waals surface area contributed by atoms with E-state index in [1.165, 1.54) is 0 Å². The van der Waals surface area contributed by atoms with Gasteiger partial charge in [-0.1, -0.05) is 26.7 Å². The zero-order valence-electron chi connectivity index (χ0n) is 10.9. The Morgan fingerprint density at radius 2 is 2.06 bits per heavy atom. The molecule has 100 valence electrons. The molecular weight excluding hydrogens is 294 g/mol. The lowest BCUT2D eigenvalue weighted by Gasteiger charge is -2.22. The predicted octanol–water partition coefficient (Wildman–Crippen LogP) is 3.08. The van der Waals surface area contributed by atoms with Crippen molar-refractivity contribution >= 4 is 21.7 Å². The number of nitrogens with one attached hydrogen (secondary N) is 1. The average molecular weight is 314 g/mol. The van der Waals surface area contributed by atoms with Gasteiger partial charge >= 0.3 is 0 Å². The summed E-state index contributed by atoms with van der Waals surface area (Å²) in [7, 11) is 0. The van der Waals surface area contributed by atoms with Gasteiger partial charge < -0.3 is 10.4 Å². The zero-order chi connectivity index (χ0) is 13.2. The first-order valence-corrected chi connectivity index (χ1v) is 7.28. The third-order valence-electron chi connectivity index (χ3n) is 3.36. The van der Waals surface area contributed by atoms with E-state index in [9.17, 15) is 5.11 Å². The van der Waals surface area contributed by atoms with Crippen LogP contribution in [0.4, 0.5) is 5.82 Å². The van der Waals surface area contributed by atoms with E-state index in [2.05, 4.69) is 45.1 Å². The fourth-order valence-corrected chi connectivity index (χ4v) is 2.65. The standard InChI is InChI=1S/C13H20BrN3O/c1-9(2)12-16-10(14)7-11(17-12)15-8-13(18)5-3-4-6-13/h7,9,18H,3-6,8H2,1-2H3,(H,15,16,17). The van der Waals surface area contributed by atoms with Crippen molar-refractivity contribution in [3.8, 4) is 0 Å². The van der Waals surface area contributed by atoms with Crippen molar-refractivity contribution in [1.82, 2.24) is 9.97 Å². The predicted molar refractivity (Wildman–Crippen MR) is 75.7 cm³/mol. The molecule has 18 heavy (non-hydrogen) atoms. The van der Waals surface area contributed by atoms with Crippen LogP contribution in [0.5, 0.6) is 0 Å². The summed E-state index contributed by atoms with van der Waals surface area (Å²) in [4.78, 5) is 8.80. The Hall–Kier alpha value is -0.680. The number of halogens is 1. The smallest absolute Gasteiger partial charge is 0.134 e. The fourth-order valence-electron chi connectivity index (χ4n) is 2.25. The molecule has 4 nitrogen and oxygen atoms in total. The highest BCUT2D eigenvalue weighted by Crippen LogP contribution is 2.29. The van der Waals surface area contributed by atoms with Gasteiger partial charge in [0.05, 0.1) is 5.60 Å². The van der Waals surface area contributed by atoms with Crippen molar-refractivity contribution in [2.45, 2.75) is 51.0 Å². The molecule has 1 aliphatic carbocycles. The number of hydrogen-bond acceptors (Lipinski definition) is 4. The Bertz CT molecular complexity index is 417. The van der Waals surface area contributed by atoms with Crippen LogP contribution >= 0.6 is 15.9 Å². The Morgan fingerprint density at radius 3 is 2.67 bits per heavy atom. The van der Waals surface area contributed by atoms with E-state index in [0.29, 0.717) is 6.54 Å². The van der Waals surface area contributed by atoms with Gasteiger partial charge in [0.25, 0.3) is 0 Å². The summed E-state index contributed by atoms with van der Waals surface area (Å²) in [5.41, 5.74) is -0.560. The third kappa shape index (κ3) is 3.42. The molecule has 2 rings (SSSR count). The number of rotatable bonds is 4. The van der Waals surface area contributed by atoms with Gasteiger partial charge in [-0.05, 0) is 28.8 Å². The van der Waals surface area contributed by atoms with Crippen LogP contribution < -0.4 is 5.32 Å². The summed E-state index contributed by atoms with van der Waals surface area (Å²) < 4.78 is 0.780. The van der Waals surface area contributed by atoms with Crippen LogP contribution in [0.2, 0.25) is 0 Å². The molecule has 1 aromatic heterocycles. The van der Waals surface area contributed by atoms with E-state index in [4.69, 9.17) is 0 Å². The number of nitrogens with zero attached hydrogens (tertiary/aromatic N) is 2. The van der Waals surface area contributed by atoms with Gasteiger partial charge in [-0.15, -0.1) is 0 Å². The summed E-state index contributed by atoms with van der Waals surface area (Å²) >= 11 is 3.39. The molecule has 0 amide bonds. The molecule has 2 N–H and O–H groups in total. The van der Waals surface area contributed by atoms with E-state index >= 15 is 0 Å². The highest BCUT2D eigenvalue weighted by Gasteiger charge is 2.30. The number of aliphatic hydroxyl groups is 1. The van der Waals surface area contributed by atoms with Gasteiger partial charge in [-0.2, -0.15) is 0 Å². The minimum Gasteiger partial charge on any atom is -0.388 e. The lowest BCUT2D eigenvalue weighted by molar-refractivity contribution is 0.0614. The summed E-state index contributed by atoms with van der Waals surface area (Å²) in [6.45, 7) is 4.69. The Labute approximate surface area is 116 Å². The molecule has 0 radical (unpaired) electrons. The first kappa shape index (κ1) is 13.7. The minimum atomic E-state index is -0.560. The third-order valence-corrected chi connectivity index (χ3v) is 3.77. The summed E-state index contributed by atoms with van der Waals surface area (Å²) in [5.74, 6) is 1.88. The van der Waals surface area contributed by atoms with Gasteiger partial charge in [-0.3, -0.25) is 0 Å². The Balaban J connectivity index is 2.04. The van der Waals surface area contributed by atoms with Crippen LogP contribution in [0.15, 0.2) is 10.7 Å². The summed E-state index contributed by atoms with van der Waals surface area (Å²) in [6, 6.07) is 1.85. The monoisotopic (exact) mass is 313 g/mol. The largest absolute Gasteiger partial charge is 0.388 e. The van der Waals surface area contributed by atoms with Crippen molar-refractivity contribution < 1.29 is 5.11 Å². The van der Waals surface area contributed by atoms with Gasteiger partial charge in [0.1, 0.15) is 16.2 Å². The molecule has 0 spiro atoms. The average Bonchev–Trinajstić information content (AvgIpc) is 2.73. The van der Waals surface area contributed by atoms with Crippen molar-refractivity contribution in [3.05, 3.63) is 16.5 Å². The summed E-state index contributed by atoms with van der Waals surface area (Å²) in [6.07, 6.45) is 3.98. The summed E-state index contributed by atoms with van der Waals surface area (Å²) in [5, 5.41) is 13.5. The van der Waals surface area contributed by atoms with Gasteiger partial charge in [0, 0.05) is 18.5 Å². The maximum atomic E-state index is 10.3. The SMILES string of the molecule is CC(C)c1nc(Br)cc(NCC2(O)CCCC2)n1. The molecule has 0 aliphatic heterocycles. The van der Waals surface area contributed by atoms with Gasteiger partial charge in [0.2, 0.25) is 0 Å². The van der Waals surface area contributed by atoms with Crippen LogP contribution in [0.25, 0.3) is 0 Å². The van der Waals surface area contributed by atoms with Crippen LogP contribution in [0.3, 0.4) is 0 Å². The molecule has 1 fully saturated rings. The molecular formula is C13H20BrN3O. The second kappa shape index (κ2) is 5.53. The number of aromatic nitrogens is 2. The minimum absolute atomic E-state index is 0.289. The first-order chi connectivity index (χ1) is 8.48. The highest BCUT2D eigenvalue weighted by atomic mass is 79.9. The van der Waals surface area contributed by atoms with E-state index in [1.807, 2.05) is 6.07 Å². The molecule has 1 aromatic rings. The molecule has 0 unspecified atom stereocenters. The zero-order valence-corrected chi connectivity index (χ0v) is 12.5. The molecule has 5 heteroatoms. The lowest BCUT2D eigenvalue weighted by Crippen LogP contribution is -2.33. The Kier molecular flexibility index (Phi) is 4.22. The Morgan fingerprint density at radius 1 is 1.39 bits per heavy atom. The van der Waals surface area contributed by atoms with Crippen LogP contribution in [-0.4, -0.2) is 27.2 Å². The molecule has 0 aromatic carbocycles. The van der Waals surface area contributed by atoms with Crippen molar-refractivity contribution in [2.24, 2.45) is 0 Å². The highest BCUT2D eigenvalue weighted by molar-refractivity contribution is 9.10. The van der Waals surface area contributed by atoms with Crippen LogP contribution in [0, 0.1) is 0 Å². The molecule has 1 heterocycles.